The predicted octanol–water partition coefficient (Wildman–Crippen LogP) is 6.24. The van der Waals surface area contributed by atoms with Crippen molar-refractivity contribution in [3.8, 4) is 34.0 Å². The number of rotatable bonds is 4. The van der Waals surface area contributed by atoms with Crippen LogP contribution in [0.1, 0.15) is 0 Å². The van der Waals surface area contributed by atoms with Gasteiger partial charge < -0.3 is 9.72 Å². The van der Waals surface area contributed by atoms with Crippen molar-refractivity contribution in [2.45, 2.75) is 0 Å². The summed E-state index contributed by atoms with van der Waals surface area (Å²) in [5.74, 6) is 1.58. The lowest BCUT2D eigenvalue weighted by atomic mass is 9.98. The molecule has 6 aromatic rings. The number of ether oxygens (including phenoxy) is 1. The molecule has 0 unspecified atom stereocenters. The van der Waals surface area contributed by atoms with Gasteiger partial charge in [-0.1, -0.05) is 42.5 Å². The number of nitrogens with one attached hydrogen (secondary N) is 1. The molecule has 0 spiro atoms. The van der Waals surface area contributed by atoms with E-state index in [2.05, 4.69) is 74.1 Å². The number of aromatic amines is 1. The SMILES string of the molecule is COc1cc(-c2ccc3c(-n4cnc5ccccc54)cccc3c2)ccc1-c1ncc[nH]1. The highest BCUT2D eigenvalue weighted by Crippen LogP contribution is 2.34. The van der Waals surface area contributed by atoms with Gasteiger partial charge in [-0.3, -0.25) is 4.57 Å². The van der Waals surface area contributed by atoms with Crippen LogP contribution in [0.15, 0.2) is 97.6 Å². The average molecular weight is 416 g/mol. The summed E-state index contributed by atoms with van der Waals surface area (Å²) in [6.45, 7) is 0. The first kappa shape index (κ1) is 18.4. The van der Waals surface area contributed by atoms with E-state index >= 15 is 0 Å². The minimum absolute atomic E-state index is 0.788. The fourth-order valence-corrected chi connectivity index (χ4v) is 4.29. The third kappa shape index (κ3) is 2.94. The molecule has 0 amide bonds. The minimum Gasteiger partial charge on any atom is -0.496 e. The summed E-state index contributed by atoms with van der Waals surface area (Å²) in [4.78, 5) is 12.1. The van der Waals surface area contributed by atoms with Crippen molar-refractivity contribution in [3.63, 3.8) is 0 Å². The molecule has 2 aromatic heterocycles. The van der Waals surface area contributed by atoms with Gasteiger partial charge in [-0.25, -0.2) is 9.97 Å². The molecule has 2 heterocycles. The van der Waals surface area contributed by atoms with Crippen LogP contribution in [0, 0.1) is 0 Å². The molecule has 32 heavy (non-hydrogen) atoms. The van der Waals surface area contributed by atoms with Gasteiger partial charge in [0.05, 0.1) is 29.4 Å². The van der Waals surface area contributed by atoms with Crippen molar-refractivity contribution >= 4 is 21.8 Å². The molecule has 0 aliphatic carbocycles. The predicted molar refractivity (Wildman–Crippen MR) is 128 cm³/mol. The number of aromatic nitrogens is 4. The maximum Gasteiger partial charge on any atom is 0.141 e. The summed E-state index contributed by atoms with van der Waals surface area (Å²) < 4.78 is 7.81. The maximum atomic E-state index is 5.66. The lowest BCUT2D eigenvalue weighted by molar-refractivity contribution is 0.416. The van der Waals surface area contributed by atoms with Crippen LogP contribution in [0.2, 0.25) is 0 Å². The largest absolute Gasteiger partial charge is 0.496 e. The fourth-order valence-electron chi connectivity index (χ4n) is 4.29. The first-order valence-corrected chi connectivity index (χ1v) is 10.5. The fraction of sp³-hybridized carbons (Fsp3) is 0.0370. The van der Waals surface area contributed by atoms with Gasteiger partial charge >= 0.3 is 0 Å². The molecule has 5 nitrogen and oxygen atoms in total. The minimum atomic E-state index is 0.788. The van der Waals surface area contributed by atoms with Crippen LogP contribution in [0.5, 0.6) is 5.75 Å². The van der Waals surface area contributed by atoms with Crippen LogP contribution >= 0.6 is 0 Å². The molecule has 154 valence electrons. The summed E-state index contributed by atoms with van der Waals surface area (Å²) in [6.07, 6.45) is 5.45. The molecule has 5 heteroatoms. The van der Waals surface area contributed by atoms with Crippen LogP contribution in [0.4, 0.5) is 0 Å². The molecule has 0 bridgehead atoms. The van der Waals surface area contributed by atoms with Crippen LogP contribution in [0.3, 0.4) is 0 Å². The van der Waals surface area contributed by atoms with Crippen molar-refractivity contribution in [1.29, 1.82) is 0 Å². The molecule has 0 aliphatic rings. The summed E-state index contributed by atoms with van der Waals surface area (Å²) in [5.41, 5.74) is 6.38. The molecule has 4 aromatic carbocycles. The zero-order chi connectivity index (χ0) is 21.5. The molecule has 0 fully saturated rings. The second-order valence-corrected chi connectivity index (χ2v) is 7.67. The summed E-state index contributed by atoms with van der Waals surface area (Å²) in [6, 6.07) is 27.4. The molecule has 6 rings (SSSR count). The Balaban J connectivity index is 1.46. The Morgan fingerprint density at radius 3 is 2.59 bits per heavy atom. The second kappa shape index (κ2) is 7.39. The first-order valence-electron chi connectivity index (χ1n) is 10.5. The standard InChI is InChI=1S/C27H20N4O/c1-32-26-16-19(10-12-22(26)27-28-13-14-29-27)18-9-11-21-20(15-18)5-4-8-24(21)31-17-30-23-6-2-3-7-25(23)31/h2-17H,1H3,(H,28,29). The Labute approximate surface area is 185 Å². The molecule has 0 radical (unpaired) electrons. The van der Waals surface area contributed by atoms with E-state index in [1.807, 2.05) is 36.8 Å². The normalized spacial score (nSPS) is 11.3. The number of H-pyrrole nitrogens is 1. The molecular weight excluding hydrogens is 396 g/mol. The van der Waals surface area contributed by atoms with E-state index in [9.17, 15) is 0 Å². The van der Waals surface area contributed by atoms with Crippen molar-refractivity contribution in [2.75, 3.05) is 7.11 Å². The van der Waals surface area contributed by atoms with Gasteiger partial charge in [0.1, 0.15) is 17.9 Å². The van der Waals surface area contributed by atoms with E-state index in [0.29, 0.717) is 0 Å². The number of benzene rings is 4. The van der Waals surface area contributed by atoms with Gasteiger partial charge in [0, 0.05) is 17.8 Å². The topological polar surface area (TPSA) is 55.7 Å². The number of imidazole rings is 2. The average Bonchev–Trinajstić information content (AvgIpc) is 3.53. The number of hydrogen-bond donors (Lipinski definition) is 1. The van der Waals surface area contributed by atoms with Crippen LogP contribution in [-0.2, 0) is 0 Å². The van der Waals surface area contributed by atoms with E-state index in [-0.39, 0.29) is 0 Å². The smallest absolute Gasteiger partial charge is 0.141 e. The van der Waals surface area contributed by atoms with Crippen LogP contribution in [0.25, 0.3) is 50.0 Å². The third-order valence-corrected chi connectivity index (χ3v) is 5.86. The Kier molecular flexibility index (Phi) is 4.25. The quantitative estimate of drug-likeness (QED) is 0.370. The maximum absolute atomic E-state index is 5.66. The third-order valence-electron chi connectivity index (χ3n) is 5.86. The number of para-hydroxylation sites is 2. The van der Waals surface area contributed by atoms with Gasteiger partial charge in [-0.05, 0) is 52.9 Å². The first-order chi connectivity index (χ1) is 15.8. The highest BCUT2D eigenvalue weighted by Gasteiger charge is 2.12. The van der Waals surface area contributed by atoms with Crippen molar-refractivity contribution in [1.82, 2.24) is 19.5 Å². The van der Waals surface area contributed by atoms with Gasteiger partial charge in [-0.15, -0.1) is 0 Å². The van der Waals surface area contributed by atoms with E-state index in [4.69, 9.17) is 4.74 Å². The highest BCUT2D eigenvalue weighted by atomic mass is 16.5. The van der Waals surface area contributed by atoms with Gasteiger partial charge in [0.25, 0.3) is 0 Å². The monoisotopic (exact) mass is 416 g/mol. The van der Waals surface area contributed by atoms with Crippen molar-refractivity contribution < 1.29 is 4.74 Å². The summed E-state index contributed by atoms with van der Waals surface area (Å²) in [5, 5.41) is 2.35. The van der Waals surface area contributed by atoms with E-state index in [1.165, 1.54) is 10.8 Å². The van der Waals surface area contributed by atoms with Gasteiger partial charge in [0.2, 0.25) is 0 Å². The van der Waals surface area contributed by atoms with Crippen molar-refractivity contribution in [3.05, 3.63) is 97.6 Å². The molecule has 0 saturated heterocycles. The molecule has 0 aliphatic heterocycles. The molecule has 1 N–H and O–H groups in total. The number of hydrogen-bond acceptors (Lipinski definition) is 3. The zero-order valence-corrected chi connectivity index (χ0v) is 17.5. The lowest BCUT2D eigenvalue weighted by Gasteiger charge is -2.12. The Hall–Kier alpha value is -4.38. The van der Waals surface area contributed by atoms with E-state index in [0.717, 1.165) is 45.0 Å². The lowest BCUT2D eigenvalue weighted by Crippen LogP contribution is -1.94. The molecular formula is C27H20N4O. The second-order valence-electron chi connectivity index (χ2n) is 7.67. The van der Waals surface area contributed by atoms with E-state index in [1.54, 1.807) is 13.3 Å². The summed E-state index contributed by atoms with van der Waals surface area (Å²) in [7, 11) is 1.69. The number of fused-ring (bicyclic) bond motifs is 2. The Morgan fingerprint density at radius 1 is 0.844 bits per heavy atom. The molecule has 0 atom stereocenters. The van der Waals surface area contributed by atoms with Gasteiger partial charge in [-0.2, -0.15) is 0 Å². The van der Waals surface area contributed by atoms with Crippen LogP contribution < -0.4 is 4.74 Å². The number of nitrogens with zero attached hydrogens (tertiary/aromatic N) is 3. The van der Waals surface area contributed by atoms with Gasteiger partial charge in [0.15, 0.2) is 0 Å². The number of methoxy groups -OCH3 is 1. The summed E-state index contributed by atoms with van der Waals surface area (Å²) >= 11 is 0. The highest BCUT2D eigenvalue weighted by molar-refractivity contribution is 5.95. The Morgan fingerprint density at radius 2 is 1.72 bits per heavy atom. The zero-order valence-electron chi connectivity index (χ0n) is 17.5. The van der Waals surface area contributed by atoms with E-state index < -0.39 is 0 Å². The van der Waals surface area contributed by atoms with Crippen molar-refractivity contribution in [2.24, 2.45) is 0 Å². The molecule has 0 saturated carbocycles. The van der Waals surface area contributed by atoms with Crippen LogP contribution in [-0.4, -0.2) is 26.6 Å². The Bertz CT molecular complexity index is 1560.